The number of hydrogen-bond donors (Lipinski definition) is 1. The first-order valence-electron chi connectivity index (χ1n) is 6.54. The molecule has 0 fully saturated rings. The number of halogens is 2. The van der Waals surface area contributed by atoms with Crippen LogP contribution < -0.4 is 0 Å². The highest BCUT2D eigenvalue weighted by molar-refractivity contribution is 6.38. The largest absolute Gasteiger partial charge is 0.357 e. The number of aromatic amines is 1. The number of H-pyrrole nitrogens is 1. The topological polar surface area (TPSA) is 15.8 Å². The highest BCUT2D eigenvalue weighted by atomic mass is 35.5. The number of hydrogen-bond acceptors (Lipinski definition) is 0. The predicted molar refractivity (Wildman–Crippen MR) is 78.7 cm³/mol. The molecule has 18 heavy (non-hydrogen) atoms. The molecular weight excluding hydrogens is 265 g/mol. The quantitative estimate of drug-likeness (QED) is 0.736. The molecule has 0 amide bonds. The summed E-state index contributed by atoms with van der Waals surface area (Å²) in [6, 6.07) is 3.86. The van der Waals surface area contributed by atoms with Crippen molar-refractivity contribution in [2.75, 3.05) is 0 Å². The standard InChI is InChI=1S/C15H17Cl2N/c1-8(2)9-3-4-14-11(5-9)12-6-10(16)7-13(17)15(12)18-14/h6-9,18H,3-5H2,1-2H3. The van der Waals surface area contributed by atoms with Crippen LogP contribution in [0.1, 0.15) is 31.5 Å². The number of aromatic nitrogens is 1. The summed E-state index contributed by atoms with van der Waals surface area (Å²) in [7, 11) is 0. The molecule has 0 bridgehead atoms. The lowest BCUT2D eigenvalue weighted by Crippen LogP contribution is -2.18. The molecule has 0 saturated carbocycles. The normalized spacial score (nSPS) is 19.5. The molecule has 3 rings (SSSR count). The Bertz CT molecular complexity index is 598. The van der Waals surface area contributed by atoms with E-state index in [4.69, 9.17) is 23.2 Å². The first kappa shape index (κ1) is 12.4. The first-order valence-corrected chi connectivity index (χ1v) is 7.30. The molecule has 1 unspecified atom stereocenters. The third-order valence-electron chi connectivity index (χ3n) is 4.19. The molecule has 3 heteroatoms. The van der Waals surface area contributed by atoms with Crippen molar-refractivity contribution >= 4 is 34.1 Å². The maximum absolute atomic E-state index is 6.27. The van der Waals surface area contributed by atoms with E-state index in [1.807, 2.05) is 12.1 Å². The Morgan fingerprint density at radius 3 is 2.78 bits per heavy atom. The third-order valence-corrected chi connectivity index (χ3v) is 4.71. The lowest BCUT2D eigenvalue weighted by molar-refractivity contribution is 0.342. The second kappa shape index (κ2) is 4.47. The smallest absolute Gasteiger partial charge is 0.0662 e. The summed E-state index contributed by atoms with van der Waals surface area (Å²) in [4.78, 5) is 3.48. The van der Waals surface area contributed by atoms with Crippen molar-refractivity contribution < 1.29 is 0 Å². The number of rotatable bonds is 1. The zero-order valence-electron chi connectivity index (χ0n) is 10.7. The Balaban J connectivity index is 2.15. The number of nitrogens with one attached hydrogen (secondary N) is 1. The van der Waals surface area contributed by atoms with E-state index in [9.17, 15) is 0 Å². The average molecular weight is 282 g/mol. The molecule has 0 saturated heterocycles. The van der Waals surface area contributed by atoms with Crippen molar-refractivity contribution in [3.8, 4) is 0 Å². The Kier molecular flexibility index (Phi) is 3.07. The highest BCUT2D eigenvalue weighted by Crippen LogP contribution is 2.38. The van der Waals surface area contributed by atoms with Crippen LogP contribution in [0.4, 0.5) is 0 Å². The molecule has 0 radical (unpaired) electrons. The van der Waals surface area contributed by atoms with Crippen LogP contribution >= 0.6 is 23.2 Å². The van der Waals surface area contributed by atoms with Crippen molar-refractivity contribution in [1.82, 2.24) is 4.98 Å². The van der Waals surface area contributed by atoms with E-state index in [-0.39, 0.29) is 0 Å². The van der Waals surface area contributed by atoms with Crippen LogP contribution in [0.3, 0.4) is 0 Å². The van der Waals surface area contributed by atoms with Crippen molar-refractivity contribution in [3.05, 3.63) is 33.4 Å². The van der Waals surface area contributed by atoms with Gasteiger partial charge in [-0.3, -0.25) is 0 Å². The van der Waals surface area contributed by atoms with Gasteiger partial charge in [0, 0.05) is 16.1 Å². The zero-order valence-corrected chi connectivity index (χ0v) is 12.2. The Morgan fingerprint density at radius 1 is 1.28 bits per heavy atom. The van der Waals surface area contributed by atoms with Crippen LogP contribution in [-0.4, -0.2) is 4.98 Å². The molecule has 1 atom stereocenters. The molecule has 0 spiro atoms. The Labute approximate surface area is 117 Å². The fraction of sp³-hybridized carbons (Fsp3) is 0.467. The minimum Gasteiger partial charge on any atom is -0.357 e. The van der Waals surface area contributed by atoms with Crippen LogP contribution in [0.15, 0.2) is 12.1 Å². The fourth-order valence-electron chi connectivity index (χ4n) is 3.04. The second-order valence-electron chi connectivity index (χ2n) is 5.64. The minimum absolute atomic E-state index is 0.723. The van der Waals surface area contributed by atoms with Gasteiger partial charge in [-0.1, -0.05) is 37.0 Å². The van der Waals surface area contributed by atoms with Gasteiger partial charge in [-0.15, -0.1) is 0 Å². The fourth-order valence-corrected chi connectivity index (χ4v) is 3.58. The summed E-state index contributed by atoms with van der Waals surface area (Å²) in [5.41, 5.74) is 3.83. The van der Waals surface area contributed by atoms with E-state index in [0.29, 0.717) is 0 Å². The molecule has 1 aliphatic carbocycles. The maximum Gasteiger partial charge on any atom is 0.0662 e. The molecule has 1 aliphatic rings. The van der Waals surface area contributed by atoms with Crippen molar-refractivity contribution in [2.45, 2.75) is 33.1 Å². The van der Waals surface area contributed by atoms with Crippen LogP contribution in [0.25, 0.3) is 10.9 Å². The average Bonchev–Trinajstić information content (AvgIpc) is 2.67. The molecular formula is C15H17Cl2N. The molecule has 96 valence electrons. The molecule has 1 aromatic carbocycles. The van der Waals surface area contributed by atoms with E-state index in [1.165, 1.54) is 23.1 Å². The summed E-state index contributed by atoms with van der Waals surface area (Å²) < 4.78 is 0. The van der Waals surface area contributed by atoms with Gasteiger partial charge in [-0.25, -0.2) is 0 Å². The summed E-state index contributed by atoms with van der Waals surface area (Å²) in [5, 5.41) is 2.67. The number of fused-ring (bicyclic) bond motifs is 3. The van der Waals surface area contributed by atoms with Gasteiger partial charge >= 0.3 is 0 Å². The monoisotopic (exact) mass is 281 g/mol. The van der Waals surface area contributed by atoms with Gasteiger partial charge in [0.2, 0.25) is 0 Å². The van der Waals surface area contributed by atoms with Crippen LogP contribution in [-0.2, 0) is 12.8 Å². The van der Waals surface area contributed by atoms with Crippen LogP contribution in [0.2, 0.25) is 10.0 Å². The molecule has 1 nitrogen and oxygen atoms in total. The van der Waals surface area contributed by atoms with E-state index < -0.39 is 0 Å². The van der Waals surface area contributed by atoms with Gasteiger partial charge < -0.3 is 4.98 Å². The lowest BCUT2D eigenvalue weighted by atomic mass is 9.80. The van der Waals surface area contributed by atoms with E-state index >= 15 is 0 Å². The maximum atomic E-state index is 6.27. The first-order chi connectivity index (χ1) is 8.56. The summed E-state index contributed by atoms with van der Waals surface area (Å²) in [5.74, 6) is 1.51. The SMILES string of the molecule is CC(C)C1CCc2[nH]c3c(Cl)cc(Cl)cc3c2C1. The van der Waals surface area contributed by atoms with Crippen LogP contribution in [0, 0.1) is 11.8 Å². The van der Waals surface area contributed by atoms with Gasteiger partial charge in [0.25, 0.3) is 0 Å². The zero-order chi connectivity index (χ0) is 12.9. The van der Waals surface area contributed by atoms with Crippen LogP contribution in [0.5, 0.6) is 0 Å². The summed E-state index contributed by atoms with van der Waals surface area (Å²) in [6.07, 6.45) is 3.54. The van der Waals surface area contributed by atoms with Gasteiger partial charge in [0.1, 0.15) is 0 Å². The van der Waals surface area contributed by atoms with Gasteiger partial charge in [-0.05, 0) is 48.8 Å². The molecule has 0 aliphatic heterocycles. The molecule has 1 heterocycles. The number of aryl methyl sites for hydroxylation is 1. The van der Waals surface area contributed by atoms with Crippen molar-refractivity contribution in [1.29, 1.82) is 0 Å². The number of benzene rings is 1. The summed E-state index contributed by atoms with van der Waals surface area (Å²) in [6.45, 7) is 4.62. The molecule has 1 N–H and O–H groups in total. The van der Waals surface area contributed by atoms with Gasteiger partial charge in [-0.2, -0.15) is 0 Å². The predicted octanol–water partition coefficient (Wildman–Crippen LogP) is 5.24. The van der Waals surface area contributed by atoms with Gasteiger partial charge in [0.15, 0.2) is 0 Å². The highest BCUT2D eigenvalue weighted by Gasteiger charge is 2.25. The Hall–Kier alpha value is -0.660. The van der Waals surface area contributed by atoms with E-state index in [2.05, 4.69) is 18.8 Å². The third kappa shape index (κ3) is 1.94. The van der Waals surface area contributed by atoms with Crippen molar-refractivity contribution in [3.63, 3.8) is 0 Å². The molecule has 1 aromatic heterocycles. The van der Waals surface area contributed by atoms with Crippen molar-refractivity contribution in [2.24, 2.45) is 11.8 Å². The summed E-state index contributed by atoms with van der Waals surface area (Å²) >= 11 is 12.4. The van der Waals surface area contributed by atoms with E-state index in [0.717, 1.165) is 40.2 Å². The lowest BCUT2D eigenvalue weighted by Gasteiger charge is -2.25. The minimum atomic E-state index is 0.723. The van der Waals surface area contributed by atoms with Gasteiger partial charge in [0.05, 0.1) is 10.5 Å². The van der Waals surface area contributed by atoms with E-state index in [1.54, 1.807) is 0 Å². The molecule has 2 aromatic rings. The Morgan fingerprint density at radius 2 is 2.06 bits per heavy atom. The second-order valence-corrected chi connectivity index (χ2v) is 6.48.